The minimum absolute atomic E-state index is 0.0762. The van der Waals surface area contributed by atoms with E-state index in [1.165, 1.54) is 24.2 Å². The Balaban J connectivity index is 2.07. The van der Waals surface area contributed by atoms with Crippen LogP contribution in [0.1, 0.15) is 42.3 Å². The second-order valence-electron chi connectivity index (χ2n) is 4.68. The van der Waals surface area contributed by atoms with Crippen LogP contribution < -0.4 is 16.0 Å². The monoisotopic (exact) mass is 268 g/mol. The van der Waals surface area contributed by atoms with Crippen LogP contribution in [0.4, 0.5) is 10.9 Å². The van der Waals surface area contributed by atoms with Gasteiger partial charge in [0.05, 0.1) is 0 Å². The number of nitrogen functional groups attached to an aromatic ring is 1. The van der Waals surface area contributed by atoms with Crippen LogP contribution in [-0.2, 0) is 0 Å². The van der Waals surface area contributed by atoms with E-state index in [9.17, 15) is 4.79 Å². The molecule has 3 N–H and O–H groups in total. The Morgan fingerprint density at radius 2 is 2.22 bits per heavy atom. The van der Waals surface area contributed by atoms with Gasteiger partial charge in [-0.3, -0.25) is 4.79 Å². The van der Waals surface area contributed by atoms with Gasteiger partial charge < -0.3 is 16.0 Å². The summed E-state index contributed by atoms with van der Waals surface area (Å²) in [6, 6.07) is 0.311. The second-order valence-corrected chi connectivity index (χ2v) is 5.66. The number of anilines is 2. The van der Waals surface area contributed by atoms with Crippen LogP contribution in [0.25, 0.3) is 0 Å². The maximum atomic E-state index is 12.1. The molecule has 1 aromatic rings. The lowest BCUT2D eigenvalue weighted by molar-refractivity contribution is 0.0942. The Labute approximate surface area is 111 Å². The van der Waals surface area contributed by atoms with Gasteiger partial charge in [0.25, 0.3) is 5.91 Å². The molecule has 1 saturated carbocycles. The van der Waals surface area contributed by atoms with Crippen LogP contribution in [0.2, 0.25) is 0 Å². The predicted octanol–water partition coefficient (Wildman–Crippen LogP) is 1.85. The maximum Gasteiger partial charge on any atom is 0.265 e. The Morgan fingerprint density at radius 1 is 1.56 bits per heavy atom. The Hall–Kier alpha value is -1.30. The molecule has 1 aliphatic carbocycles. The van der Waals surface area contributed by atoms with E-state index in [-0.39, 0.29) is 5.91 Å². The Kier molecular flexibility index (Phi) is 4.06. The SMILES string of the molecule is CCN(C)c1nc(N)c(C(=O)NC2CCCC2)s1. The van der Waals surface area contributed by atoms with Gasteiger partial charge >= 0.3 is 0 Å². The first-order valence-corrected chi connectivity index (χ1v) is 7.21. The predicted molar refractivity (Wildman–Crippen MR) is 75.2 cm³/mol. The highest BCUT2D eigenvalue weighted by Gasteiger charge is 2.22. The molecule has 1 amide bonds. The van der Waals surface area contributed by atoms with E-state index in [0.29, 0.717) is 16.7 Å². The highest BCUT2D eigenvalue weighted by Crippen LogP contribution is 2.28. The minimum atomic E-state index is -0.0762. The lowest BCUT2D eigenvalue weighted by Crippen LogP contribution is -2.32. The number of nitrogens with one attached hydrogen (secondary N) is 1. The summed E-state index contributed by atoms with van der Waals surface area (Å²) >= 11 is 1.36. The molecule has 0 saturated heterocycles. The van der Waals surface area contributed by atoms with Crippen molar-refractivity contribution in [3.8, 4) is 0 Å². The van der Waals surface area contributed by atoms with Gasteiger partial charge in [-0.1, -0.05) is 24.2 Å². The molecule has 6 heteroatoms. The molecule has 100 valence electrons. The van der Waals surface area contributed by atoms with Crippen LogP contribution in [0.3, 0.4) is 0 Å². The van der Waals surface area contributed by atoms with E-state index in [1.807, 2.05) is 18.9 Å². The largest absolute Gasteiger partial charge is 0.382 e. The summed E-state index contributed by atoms with van der Waals surface area (Å²) in [6.07, 6.45) is 4.55. The highest BCUT2D eigenvalue weighted by atomic mass is 32.1. The first kappa shape index (κ1) is 13.1. The standard InChI is InChI=1S/C12H20N4OS/c1-3-16(2)12-15-10(13)9(18-12)11(17)14-8-6-4-5-7-8/h8H,3-7,13H2,1-2H3,(H,14,17). The first-order valence-electron chi connectivity index (χ1n) is 6.40. The van der Waals surface area contributed by atoms with Gasteiger partial charge in [-0.05, 0) is 19.8 Å². The van der Waals surface area contributed by atoms with Crippen LogP contribution >= 0.6 is 11.3 Å². The molecular formula is C12H20N4OS. The zero-order valence-electron chi connectivity index (χ0n) is 10.9. The average molecular weight is 268 g/mol. The molecule has 0 aliphatic heterocycles. The van der Waals surface area contributed by atoms with E-state index in [4.69, 9.17) is 5.73 Å². The van der Waals surface area contributed by atoms with Crippen molar-refractivity contribution in [2.75, 3.05) is 24.2 Å². The molecule has 0 radical (unpaired) electrons. The van der Waals surface area contributed by atoms with Crippen molar-refractivity contribution in [2.45, 2.75) is 38.6 Å². The molecule has 0 aromatic carbocycles. The number of rotatable bonds is 4. The number of aromatic nitrogens is 1. The fourth-order valence-electron chi connectivity index (χ4n) is 2.10. The summed E-state index contributed by atoms with van der Waals surface area (Å²) in [5, 5.41) is 3.84. The molecule has 1 fully saturated rings. The van der Waals surface area contributed by atoms with Crippen molar-refractivity contribution in [1.82, 2.24) is 10.3 Å². The fraction of sp³-hybridized carbons (Fsp3) is 0.667. The summed E-state index contributed by atoms with van der Waals surface area (Å²) in [5.74, 6) is 0.262. The van der Waals surface area contributed by atoms with Crippen molar-refractivity contribution >= 4 is 28.2 Å². The second kappa shape index (κ2) is 5.56. The van der Waals surface area contributed by atoms with E-state index >= 15 is 0 Å². The van der Waals surface area contributed by atoms with E-state index in [2.05, 4.69) is 10.3 Å². The van der Waals surface area contributed by atoms with Gasteiger partial charge in [0.2, 0.25) is 0 Å². The number of amides is 1. The zero-order chi connectivity index (χ0) is 13.1. The lowest BCUT2D eigenvalue weighted by Gasteiger charge is -2.11. The molecule has 0 bridgehead atoms. The molecule has 1 aromatic heterocycles. The molecule has 1 heterocycles. The van der Waals surface area contributed by atoms with Crippen LogP contribution in [0.15, 0.2) is 0 Å². The summed E-state index contributed by atoms with van der Waals surface area (Å²) < 4.78 is 0. The quantitative estimate of drug-likeness (QED) is 0.874. The number of nitrogens with zero attached hydrogens (tertiary/aromatic N) is 2. The fourth-order valence-corrected chi connectivity index (χ4v) is 3.02. The molecule has 2 rings (SSSR count). The zero-order valence-corrected chi connectivity index (χ0v) is 11.7. The van der Waals surface area contributed by atoms with Crippen LogP contribution in [0, 0.1) is 0 Å². The molecule has 18 heavy (non-hydrogen) atoms. The van der Waals surface area contributed by atoms with Crippen molar-refractivity contribution < 1.29 is 4.79 Å². The molecule has 0 spiro atoms. The third kappa shape index (κ3) is 2.75. The number of thiazole rings is 1. The van der Waals surface area contributed by atoms with Crippen LogP contribution in [0.5, 0.6) is 0 Å². The van der Waals surface area contributed by atoms with Gasteiger partial charge in [0, 0.05) is 19.6 Å². The topological polar surface area (TPSA) is 71.2 Å². The normalized spacial score (nSPS) is 15.9. The number of hydrogen-bond acceptors (Lipinski definition) is 5. The van der Waals surface area contributed by atoms with Gasteiger partial charge in [-0.25, -0.2) is 4.98 Å². The third-order valence-electron chi connectivity index (χ3n) is 3.34. The van der Waals surface area contributed by atoms with Crippen LogP contribution in [-0.4, -0.2) is 30.5 Å². The highest BCUT2D eigenvalue weighted by molar-refractivity contribution is 7.18. The number of nitrogens with two attached hydrogens (primary N) is 1. The van der Waals surface area contributed by atoms with Crippen molar-refractivity contribution in [1.29, 1.82) is 0 Å². The molecule has 0 atom stereocenters. The Morgan fingerprint density at radius 3 is 2.83 bits per heavy atom. The van der Waals surface area contributed by atoms with E-state index < -0.39 is 0 Å². The molecule has 1 aliphatic rings. The number of hydrogen-bond donors (Lipinski definition) is 2. The summed E-state index contributed by atoms with van der Waals surface area (Å²) in [7, 11) is 1.94. The number of carbonyl (C=O) groups excluding carboxylic acids is 1. The lowest BCUT2D eigenvalue weighted by atomic mass is 10.2. The minimum Gasteiger partial charge on any atom is -0.382 e. The molecular weight excluding hydrogens is 248 g/mol. The van der Waals surface area contributed by atoms with E-state index in [1.54, 1.807) is 0 Å². The molecule has 0 unspecified atom stereocenters. The smallest absolute Gasteiger partial charge is 0.265 e. The summed E-state index contributed by atoms with van der Waals surface area (Å²) in [4.78, 5) is 18.9. The van der Waals surface area contributed by atoms with Crippen molar-refractivity contribution in [3.63, 3.8) is 0 Å². The third-order valence-corrected chi connectivity index (χ3v) is 4.52. The van der Waals surface area contributed by atoms with E-state index in [0.717, 1.165) is 24.5 Å². The first-order chi connectivity index (χ1) is 8.61. The summed E-state index contributed by atoms with van der Waals surface area (Å²) in [5.41, 5.74) is 5.82. The molecule has 5 nitrogen and oxygen atoms in total. The number of carbonyl (C=O) groups is 1. The van der Waals surface area contributed by atoms with Crippen molar-refractivity contribution in [2.24, 2.45) is 0 Å². The Bertz CT molecular complexity index is 426. The van der Waals surface area contributed by atoms with Gasteiger partial charge in [0.1, 0.15) is 10.7 Å². The van der Waals surface area contributed by atoms with Crippen molar-refractivity contribution in [3.05, 3.63) is 4.88 Å². The van der Waals surface area contributed by atoms with Gasteiger partial charge in [-0.2, -0.15) is 0 Å². The van der Waals surface area contributed by atoms with Gasteiger partial charge in [0.15, 0.2) is 5.13 Å². The average Bonchev–Trinajstić information content (AvgIpc) is 2.97. The summed E-state index contributed by atoms with van der Waals surface area (Å²) in [6.45, 7) is 2.88. The van der Waals surface area contributed by atoms with Gasteiger partial charge in [-0.15, -0.1) is 0 Å². The maximum absolute atomic E-state index is 12.1.